The number of carboxylic acid groups (broad SMARTS) is 1. The third-order valence-electron chi connectivity index (χ3n) is 7.06. The molecule has 0 spiro atoms. The van der Waals surface area contributed by atoms with Crippen molar-refractivity contribution in [1.29, 1.82) is 0 Å². The molecule has 1 aliphatic carbocycles. The van der Waals surface area contributed by atoms with E-state index >= 15 is 0 Å². The first-order valence-electron chi connectivity index (χ1n) is 12.8. The SMILES string of the molecule is Cc1ccc([C@H]2CC[C@H](Oc3ccc(S(=O)(=O)Cc4ccncn4)c(C)n3)[C@@H](N(C)C)C2)cc1C(F)(F)F.O=CO. The molecule has 41 heavy (non-hydrogen) atoms. The molecule has 2 aromatic heterocycles. The summed E-state index contributed by atoms with van der Waals surface area (Å²) in [7, 11) is 0.166. The van der Waals surface area contributed by atoms with E-state index in [1.165, 1.54) is 31.6 Å². The van der Waals surface area contributed by atoms with E-state index in [4.69, 9.17) is 14.6 Å². The summed E-state index contributed by atoms with van der Waals surface area (Å²) in [5.41, 5.74) is 1.02. The lowest BCUT2D eigenvalue weighted by Gasteiger charge is -2.39. The Morgan fingerprint density at radius 2 is 1.83 bits per heavy atom. The second-order valence-corrected chi connectivity index (χ2v) is 12.0. The summed E-state index contributed by atoms with van der Waals surface area (Å²) in [4.78, 5) is 22.7. The predicted octanol–water partition coefficient (Wildman–Crippen LogP) is 4.83. The van der Waals surface area contributed by atoms with E-state index in [-0.39, 0.29) is 40.7 Å². The van der Waals surface area contributed by atoms with Crippen LogP contribution in [0.5, 0.6) is 5.88 Å². The molecule has 3 atom stereocenters. The van der Waals surface area contributed by atoms with Crippen LogP contribution in [0.2, 0.25) is 0 Å². The molecule has 3 aromatic rings. The van der Waals surface area contributed by atoms with E-state index in [9.17, 15) is 21.6 Å². The lowest BCUT2D eigenvalue weighted by molar-refractivity contribution is -0.138. The van der Waals surface area contributed by atoms with Crippen LogP contribution in [0.15, 0.2) is 53.8 Å². The predicted molar refractivity (Wildman–Crippen MR) is 145 cm³/mol. The normalized spacial score (nSPS) is 19.3. The van der Waals surface area contributed by atoms with Crippen LogP contribution in [-0.4, -0.2) is 66.1 Å². The van der Waals surface area contributed by atoms with Crippen LogP contribution in [-0.2, 0) is 26.6 Å². The van der Waals surface area contributed by atoms with Crippen LogP contribution < -0.4 is 4.74 Å². The number of rotatable bonds is 7. The summed E-state index contributed by atoms with van der Waals surface area (Å²) in [6.45, 7) is 2.84. The zero-order chi connectivity index (χ0) is 30.4. The molecule has 222 valence electrons. The fourth-order valence-corrected chi connectivity index (χ4v) is 6.54. The molecular weight excluding hydrogens is 561 g/mol. The summed E-state index contributed by atoms with van der Waals surface area (Å²) in [5, 5.41) is 6.89. The Balaban J connectivity index is 0.00000147. The average molecular weight is 595 g/mol. The number of aromatic nitrogens is 3. The first kappa shape index (κ1) is 31.9. The maximum atomic E-state index is 13.5. The summed E-state index contributed by atoms with van der Waals surface area (Å²) < 4.78 is 72.5. The van der Waals surface area contributed by atoms with Crippen molar-refractivity contribution in [3.8, 4) is 5.88 Å². The highest BCUT2D eigenvalue weighted by Crippen LogP contribution is 2.39. The number of carbonyl (C=O) groups is 1. The van der Waals surface area contributed by atoms with Gasteiger partial charge in [-0.05, 0) is 82.4 Å². The van der Waals surface area contributed by atoms with Gasteiger partial charge in [0.2, 0.25) is 5.88 Å². The van der Waals surface area contributed by atoms with Gasteiger partial charge in [-0.3, -0.25) is 4.79 Å². The van der Waals surface area contributed by atoms with Crippen LogP contribution in [0.1, 0.15) is 53.3 Å². The summed E-state index contributed by atoms with van der Waals surface area (Å²) in [6, 6.07) is 9.14. The van der Waals surface area contributed by atoms with Gasteiger partial charge in [-0.2, -0.15) is 13.2 Å². The lowest BCUT2D eigenvalue weighted by Crippen LogP contribution is -2.46. The number of hydrogen-bond acceptors (Lipinski definition) is 8. The van der Waals surface area contributed by atoms with E-state index in [1.807, 2.05) is 19.0 Å². The number of aryl methyl sites for hydroxylation is 2. The highest BCUT2D eigenvalue weighted by molar-refractivity contribution is 7.90. The van der Waals surface area contributed by atoms with Crippen LogP contribution in [0, 0.1) is 13.8 Å². The van der Waals surface area contributed by atoms with Gasteiger partial charge in [-0.25, -0.2) is 23.4 Å². The number of benzene rings is 1. The summed E-state index contributed by atoms with van der Waals surface area (Å²) >= 11 is 0. The van der Waals surface area contributed by atoms with Crippen LogP contribution >= 0.6 is 0 Å². The number of halogens is 3. The minimum atomic E-state index is -4.39. The van der Waals surface area contributed by atoms with E-state index in [1.54, 1.807) is 31.2 Å². The zero-order valence-electron chi connectivity index (χ0n) is 23.2. The topological polar surface area (TPSA) is 123 Å². The zero-order valence-corrected chi connectivity index (χ0v) is 24.0. The van der Waals surface area contributed by atoms with Crippen molar-refractivity contribution in [2.75, 3.05) is 14.1 Å². The van der Waals surface area contributed by atoms with Crippen molar-refractivity contribution in [1.82, 2.24) is 19.9 Å². The highest BCUT2D eigenvalue weighted by Gasteiger charge is 2.37. The fraction of sp³-hybridized carbons (Fsp3) is 0.429. The molecule has 1 aliphatic rings. The number of pyridine rings is 1. The van der Waals surface area contributed by atoms with E-state index in [0.717, 1.165) is 0 Å². The molecular formula is C28H33F3N4O5S. The van der Waals surface area contributed by atoms with Crippen LogP contribution in [0.3, 0.4) is 0 Å². The summed E-state index contributed by atoms with van der Waals surface area (Å²) in [6.07, 6.45) is 0.0727. The Labute approximate surface area is 237 Å². The number of likely N-dealkylation sites (N-methyl/N-ethyl adjacent to an activating group) is 1. The van der Waals surface area contributed by atoms with E-state index < -0.39 is 21.6 Å². The monoisotopic (exact) mass is 594 g/mol. The molecule has 1 N–H and O–H groups in total. The first-order valence-corrected chi connectivity index (χ1v) is 14.5. The number of sulfone groups is 1. The Morgan fingerprint density at radius 1 is 1.12 bits per heavy atom. The Hall–Kier alpha value is -3.58. The number of alkyl halides is 3. The second kappa shape index (κ2) is 13.4. The fourth-order valence-electron chi connectivity index (χ4n) is 5.05. The summed E-state index contributed by atoms with van der Waals surface area (Å²) in [5.74, 6) is 0.0152. The van der Waals surface area contributed by atoms with Crippen molar-refractivity contribution in [3.05, 3.63) is 77.0 Å². The third-order valence-corrected chi connectivity index (χ3v) is 8.83. The third kappa shape index (κ3) is 8.23. The molecule has 1 fully saturated rings. The van der Waals surface area contributed by atoms with Gasteiger partial charge in [-0.1, -0.05) is 12.1 Å². The standard InChI is InChI=1S/C27H31F3N4O3S.CH2O2/c1-17-5-6-19(13-22(17)27(28,29)30)20-7-8-24(23(14-20)34(3)4)37-26-10-9-25(18(2)33-26)38(35,36)15-21-11-12-31-16-32-21;2-1-3/h5-6,9-13,16,20,23-24H,7-8,14-15H2,1-4H3;1H,(H,2,3)/t20-,23-,24-;/m0./s1. The van der Waals surface area contributed by atoms with Gasteiger partial charge in [0.25, 0.3) is 6.47 Å². The number of hydrogen-bond donors (Lipinski definition) is 1. The molecule has 1 aromatic carbocycles. The minimum Gasteiger partial charge on any atom is -0.483 e. The van der Waals surface area contributed by atoms with Gasteiger partial charge < -0.3 is 14.7 Å². The molecule has 0 unspecified atom stereocenters. The van der Waals surface area contributed by atoms with Crippen LogP contribution in [0.4, 0.5) is 13.2 Å². The molecule has 0 aliphatic heterocycles. The van der Waals surface area contributed by atoms with Crippen molar-refractivity contribution < 1.29 is 36.2 Å². The molecule has 1 saturated carbocycles. The highest BCUT2D eigenvalue weighted by atomic mass is 32.2. The molecule has 0 saturated heterocycles. The minimum absolute atomic E-state index is 0.0343. The molecule has 0 bridgehead atoms. The van der Waals surface area contributed by atoms with Crippen molar-refractivity contribution in [2.45, 2.75) is 68.0 Å². The van der Waals surface area contributed by atoms with Gasteiger partial charge in [0.1, 0.15) is 12.4 Å². The van der Waals surface area contributed by atoms with Crippen molar-refractivity contribution in [2.24, 2.45) is 0 Å². The number of nitrogens with zero attached hydrogens (tertiary/aromatic N) is 4. The van der Waals surface area contributed by atoms with Crippen LogP contribution in [0.25, 0.3) is 0 Å². The first-order chi connectivity index (χ1) is 19.3. The van der Waals surface area contributed by atoms with Gasteiger partial charge >= 0.3 is 6.18 Å². The van der Waals surface area contributed by atoms with Crippen molar-refractivity contribution in [3.63, 3.8) is 0 Å². The van der Waals surface area contributed by atoms with Gasteiger partial charge in [0.15, 0.2) is 9.84 Å². The number of ether oxygens (including phenoxy) is 1. The van der Waals surface area contributed by atoms with Gasteiger partial charge in [-0.15, -0.1) is 0 Å². The van der Waals surface area contributed by atoms with E-state index in [0.29, 0.717) is 42.1 Å². The maximum absolute atomic E-state index is 13.5. The maximum Gasteiger partial charge on any atom is 0.416 e. The smallest absolute Gasteiger partial charge is 0.416 e. The molecule has 9 nitrogen and oxygen atoms in total. The molecule has 2 heterocycles. The average Bonchev–Trinajstić information content (AvgIpc) is 2.89. The molecule has 13 heteroatoms. The largest absolute Gasteiger partial charge is 0.483 e. The lowest BCUT2D eigenvalue weighted by atomic mass is 9.78. The van der Waals surface area contributed by atoms with E-state index in [2.05, 4.69) is 15.0 Å². The van der Waals surface area contributed by atoms with Gasteiger partial charge in [0, 0.05) is 18.3 Å². The second-order valence-electron chi connectivity index (χ2n) is 10.1. The Morgan fingerprint density at radius 3 is 2.41 bits per heavy atom. The van der Waals surface area contributed by atoms with Gasteiger partial charge in [0.05, 0.1) is 27.6 Å². The molecule has 0 amide bonds. The Kier molecular flexibility index (Phi) is 10.4. The molecule has 4 rings (SSSR count). The molecule has 0 radical (unpaired) electrons. The Bertz CT molecular complexity index is 1440. The van der Waals surface area contributed by atoms with Crippen molar-refractivity contribution >= 4 is 16.3 Å². The quantitative estimate of drug-likeness (QED) is 0.383.